The molecule has 7 atom stereocenters. The van der Waals surface area contributed by atoms with Gasteiger partial charge in [0.25, 0.3) is 0 Å². The molecule has 2 heterocycles. The molecule has 2 aliphatic heterocycles. The fraction of sp³-hybridized carbons (Fsp3) is 0.778. The number of likely N-dealkylation sites (N-methyl/N-ethyl adjacent to an activating group) is 1. The Labute approximate surface area is 205 Å². The number of rotatable bonds is 3. The molecule has 1 N–H and O–H groups in total. The number of ether oxygens (including phenoxy) is 3. The van der Waals surface area contributed by atoms with Crippen LogP contribution in [0.1, 0.15) is 64.5 Å². The summed E-state index contributed by atoms with van der Waals surface area (Å²) in [7, 11) is 5.89. The first-order chi connectivity index (χ1) is 15.0. The average molecular weight is 476 g/mol. The van der Waals surface area contributed by atoms with Crippen molar-refractivity contribution in [1.82, 2.24) is 4.90 Å². The molecule has 1 aromatic carbocycles. The Hall–Kier alpha value is -0.950. The van der Waals surface area contributed by atoms with Crippen LogP contribution in [-0.4, -0.2) is 61.2 Å². The fourth-order valence-corrected chi connectivity index (χ4v) is 9.01. The Bertz CT molecular complexity index is 989. The number of nitrogens with zero attached hydrogens (tertiary/aromatic N) is 1. The summed E-state index contributed by atoms with van der Waals surface area (Å²) < 4.78 is 19.4. The molecule has 0 aromatic heterocycles. The summed E-state index contributed by atoms with van der Waals surface area (Å²) >= 11 is 0. The van der Waals surface area contributed by atoms with Gasteiger partial charge in [0.1, 0.15) is 11.7 Å². The quantitative estimate of drug-likeness (QED) is 0.715. The van der Waals surface area contributed by atoms with Crippen LogP contribution in [0.5, 0.6) is 11.5 Å². The van der Waals surface area contributed by atoms with Gasteiger partial charge >= 0.3 is 0 Å². The molecular formula is C27H41NO4S. The average Bonchev–Trinajstić information content (AvgIpc) is 3.12. The van der Waals surface area contributed by atoms with E-state index in [1.807, 2.05) is 14.0 Å². The van der Waals surface area contributed by atoms with Crippen molar-refractivity contribution in [2.24, 2.45) is 16.7 Å². The molecule has 4 bridgehead atoms. The molecule has 1 saturated heterocycles. The van der Waals surface area contributed by atoms with Gasteiger partial charge in [-0.3, -0.25) is 0 Å². The van der Waals surface area contributed by atoms with Crippen LogP contribution in [0.3, 0.4) is 0 Å². The predicted octanol–water partition coefficient (Wildman–Crippen LogP) is 4.05. The highest BCUT2D eigenvalue weighted by Crippen LogP contribution is 2.77. The van der Waals surface area contributed by atoms with Crippen LogP contribution < -0.4 is 9.47 Å². The Kier molecular flexibility index (Phi) is 4.92. The molecule has 1 aromatic rings. The lowest BCUT2D eigenvalue weighted by Crippen LogP contribution is -2.83. The van der Waals surface area contributed by atoms with Crippen molar-refractivity contribution in [3.05, 3.63) is 23.3 Å². The summed E-state index contributed by atoms with van der Waals surface area (Å²) in [6.45, 7) is 9.59. The molecule has 0 amide bonds. The first-order valence-electron chi connectivity index (χ1n) is 12.3. The molecule has 4 fully saturated rings. The Morgan fingerprint density at radius 3 is 2.48 bits per heavy atom. The third kappa shape index (κ3) is 2.37. The van der Waals surface area contributed by atoms with Gasteiger partial charge in [0.2, 0.25) is 0 Å². The van der Waals surface area contributed by atoms with E-state index in [0.717, 1.165) is 50.1 Å². The predicted molar refractivity (Wildman–Crippen MR) is 134 cm³/mol. The van der Waals surface area contributed by atoms with Gasteiger partial charge in [0.15, 0.2) is 11.5 Å². The number of likely N-dealkylation sites (tertiary alicyclic amines) is 1. The van der Waals surface area contributed by atoms with Crippen molar-refractivity contribution in [1.29, 1.82) is 0 Å². The summed E-state index contributed by atoms with van der Waals surface area (Å²) in [5, 5.41) is 12.1. The lowest BCUT2D eigenvalue weighted by Gasteiger charge is -2.75. The molecule has 6 aliphatic rings. The smallest absolute Gasteiger partial charge is 0.165 e. The number of methoxy groups -OCH3 is 2. The van der Waals surface area contributed by atoms with E-state index in [1.54, 1.807) is 7.11 Å². The van der Waals surface area contributed by atoms with E-state index in [-0.39, 0.29) is 41.8 Å². The summed E-state index contributed by atoms with van der Waals surface area (Å²) in [5.41, 5.74) is 1.17. The number of benzene rings is 1. The minimum absolute atomic E-state index is 0. The highest BCUT2D eigenvalue weighted by Gasteiger charge is 2.82. The summed E-state index contributed by atoms with van der Waals surface area (Å²) in [4.78, 5) is 2.60. The SMILES string of the molecule is COc1ccc2c3c1OC1C34CCN(C)C(C2)[C@]42CC[C@@]1(OC)[C@@H]([C@](C)(O)C(C)(C)C)C2.S. The topological polar surface area (TPSA) is 51.2 Å². The number of piperidine rings is 1. The standard InChI is InChI=1S/C27H39NO4.H2S/c1-23(2,3)24(4,29)18-15-25-10-11-27(18,31-7)22-26(25)12-13-28(5)19(25)14-16-8-9-17(30-6)21(32-22)20(16)26;/h8-9,18-19,22,29H,10-15H2,1-7H3;1H2/t18-,19?,22?,24+,25-,26?,27-;/m1./s1. The van der Waals surface area contributed by atoms with Crippen molar-refractivity contribution < 1.29 is 19.3 Å². The third-order valence-electron chi connectivity index (χ3n) is 11.0. The molecule has 184 valence electrons. The van der Waals surface area contributed by atoms with Crippen LogP contribution in [0, 0.1) is 16.7 Å². The van der Waals surface area contributed by atoms with E-state index in [0.29, 0.717) is 6.04 Å². The zero-order valence-corrected chi connectivity index (χ0v) is 22.2. The van der Waals surface area contributed by atoms with Crippen LogP contribution in [-0.2, 0) is 16.6 Å². The minimum Gasteiger partial charge on any atom is -0.493 e. The zero-order valence-electron chi connectivity index (χ0n) is 21.2. The van der Waals surface area contributed by atoms with E-state index in [4.69, 9.17) is 14.2 Å². The second kappa shape index (κ2) is 6.83. The second-order valence-corrected chi connectivity index (χ2v) is 12.5. The van der Waals surface area contributed by atoms with Gasteiger partial charge in [-0.05, 0) is 69.7 Å². The normalized spacial score (nSPS) is 42.1. The molecule has 2 spiro atoms. The molecule has 33 heavy (non-hydrogen) atoms. The third-order valence-corrected chi connectivity index (χ3v) is 11.0. The minimum atomic E-state index is -0.882. The molecular weight excluding hydrogens is 434 g/mol. The lowest BCUT2D eigenvalue weighted by molar-refractivity contribution is -0.311. The Balaban J connectivity index is 0.00000228. The van der Waals surface area contributed by atoms with Gasteiger partial charge < -0.3 is 24.2 Å². The first-order valence-corrected chi connectivity index (χ1v) is 12.3. The van der Waals surface area contributed by atoms with Gasteiger partial charge in [0, 0.05) is 35.5 Å². The summed E-state index contributed by atoms with van der Waals surface area (Å²) in [6, 6.07) is 4.82. The Morgan fingerprint density at radius 1 is 1.12 bits per heavy atom. The first kappa shape index (κ1) is 23.8. The van der Waals surface area contributed by atoms with Crippen LogP contribution in [0.15, 0.2) is 12.1 Å². The molecule has 3 saturated carbocycles. The molecule has 6 heteroatoms. The molecule has 5 nitrogen and oxygen atoms in total. The van der Waals surface area contributed by atoms with Crippen molar-refractivity contribution >= 4 is 13.5 Å². The van der Waals surface area contributed by atoms with Crippen LogP contribution in [0.2, 0.25) is 0 Å². The number of hydrogen-bond acceptors (Lipinski definition) is 5. The van der Waals surface area contributed by atoms with Crippen molar-refractivity contribution in [3.63, 3.8) is 0 Å². The molecule has 7 rings (SSSR count). The van der Waals surface area contributed by atoms with Crippen molar-refractivity contribution in [2.45, 2.75) is 88.6 Å². The van der Waals surface area contributed by atoms with Gasteiger partial charge in [-0.2, -0.15) is 13.5 Å². The van der Waals surface area contributed by atoms with Gasteiger partial charge in [-0.15, -0.1) is 0 Å². The van der Waals surface area contributed by atoms with Crippen molar-refractivity contribution in [3.8, 4) is 11.5 Å². The Morgan fingerprint density at radius 2 is 1.85 bits per heavy atom. The van der Waals surface area contributed by atoms with E-state index in [1.165, 1.54) is 11.1 Å². The maximum Gasteiger partial charge on any atom is 0.165 e. The largest absolute Gasteiger partial charge is 0.493 e. The van der Waals surface area contributed by atoms with E-state index < -0.39 is 11.2 Å². The number of aliphatic hydroxyl groups is 1. The van der Waals surface area contributed by atoms with Gasteiger partial charge in [0.05, 0.1) is 12.7 Å². The maximum atomic E-state index is 12.1. The summed E-state index contributed by atoms with van der Waals surface area (Å²) in [6.07, 6.45) is 5.07. The van der Waals surface area contributed by atoms with Gasteiger partial charge in [-0.1, -0.05) is 26.8 Å². The highest BCUT2D eigenvalue weighted by atomic mass is 32.1. The molecule has 0 radical (unpaired) electrons. The van der Waals surface area contributed by atoms with E-state index in [9.17, 15) is 5.11 Å². The molecule has 3 unspecified atom stereocenters. The molecule has 4 aliphatic carbocycles. The second-order valence-electron chi connectivity index (χ2n) is 12.5. The lowest BCUT2D eigenvalue weighted by atomic mass is 9.33. The van der Waals surface area contributed by atoms with E-state index >= 15 is 0 Å². The van der Waals surface area contributed by atoms with Crippen LogP contribution >= 0.6 is 13.5 Å². The van der Waals surface area contributed by atoms with Crippen LogP contribution in [0.25, 0.3) is 0 Å². The fourth-order valence-electron chi connectivity index (χ4n) is 9.01. The highest BCUT2D eigenvalue weighted by molar-refractivity contribution is 7.59. The number of fused-ring (bicyclic) bond motifs is 2. The van der Waals surface area contributed by atoms with Crippen LogP contribution in [0.4, 0.5) is 0 Å². The van der Waals surface area contributed by atoms with E-state index in [2.05, 4.69) is 44.9 Å². The zero-order chi connectivity index (χ0) is 22.9. The number of hydrogen-bond donors (Lipinski definition) is 1. The monoisotopic (exact) mass is 475 g/mol. The van der Waals surface area contributed by atoms with Crippen molar-refractivity contribution in [2.75, 3.05) is 27.8 Å². The maximum absolute atomic E-state index is 12.1. The van der Waals surface area contributed by atoms with Gasteiger partial charge in [-0.25, -0.2) is 0 Å². The summed E-state index contributed by atoms with van der Waals surface area (Å²) in [5.74, 6) is 1.79.